The van der Waals surface area contributed by atoms with Gasteiger partial charge >= 0.3 is 0 Å². The number of ether oxygens (including phenoxy) is 2. The monoisotopic (exact) mass is 416 g/mol. The quantitative estimate of drug-likeness (QED) is 0.592. The first kappa shape index (κ1) is 20.2. The number of fused-ring (bicyclic) bond motifs is 1. The summed E-state index contributed by atoms with van der Waals surface area (Å²) >= 11 is 0. The molecule has 3 aromatic carbocycles. The molecule has 1 aliphatic heterocycles. The van der Waals surface area contributed by atoms with Crippen molar-refractivity contribution in [1.29, 1.82) is 0 Å². The highest BCUT2D eigenvalue weighted by atomic mass is 16.5. The lowest BCUT2D eigenvalue weighted by Gasteiger charge is -2.14. The van der Waals surface area contributed by atoms with Crippen molar-refractivity contribution in [2.75, 3.05) is 17.3 Å². The van der Waals surface area contributed by atoms with Gasteiger partial charge in [-0.15, -0.1) is 0 Å². The van der Waals surface area contributed by atoms with E-state index < -0.39 is 5.91 Å². The highest BCUT2D eigenvalue weighted by Gasteiger charge is 2.37. The van der Waals surface area contributed by atoms with Crippen LogP contribution in [-0.2, 0) is 4.79 Å². The Morgan fingerprint density at radius 3 is 2.26 bits per heavy atom. The summed E-state index contributed by atoms with van der Waals surface area (Å²) in [6.45, 7) is 1.77. The Bertz CT molecular complexity index is 1170. The molecule has 156 valence electrons. The second-order valence-corrected chi connectivity index (χ2v) is 6.88. The molecule has 31 heavy (non-hydrogen) atoms. The van der Waals surface area contributed by atoms with Crippen LogP contribution in [0.15, 0.2) is 66.7 Å². The number of benzene rings is 3. The van der Waals surface area contributed by atoms with Gasteiger partial charge in [0, 0.05) is 18.2 Å². The van der Waals surface area contributed by atoms with E-state index in [9.17, 15) is 14.4 Å². The van der Waals surface area contributed by atoms with Crippen LogP contribution < -0.4 is 19.7 Å². The van der Waals surface area contributed by atoms with Gasteiger partial charge in [-0.2, -0.15) is 0 Å². The van der Waals surface area contributed by atoms with Crippen LogP contribution in [0.5, 0.6) is 17.2 Å². The fourth-order valence-corrected chi connectivity index (χ4v) is 3.27. The van der Waals surface area contributed by atoms with Crippen molar-refractivity contribution in [2.24, 2.45) is 0 Å². The number of nitrogens with zero attached hydrogens (tertiary/aromatic N) is 1. The lowest BCUT2D eigenvalue weighted by atomic mass is 10.1. The minimum atomic E-state index is -0.417. The summed E-state index contributed by atoms with van der Waals surface area (Å²) in [6.07, 6.45) is 0.372. The van der Waals surface area contributed by atoms with Crippen molar-refractivity contribution in [1.82, 2.24) is 0 Å². The minimum Gasteiger partial charge on any atom is -0.497 e. The number of amides is 3. The van der Waals surface area contributed by atoms with Crippen LogP contribution in [0, 0.1) is 0 Å². The van der Waals surface area contributed by atoms with Crippen molar-refractivity contribution < 1.29 is 23.9 Å². The Labute approximate surface area is 179 Å². The Balaban J connectivity index is 1.57. The van der Waals surface area contributed by atoms with Crippen LogP contribution in [0.3, 0.4) is 0 Å². The fourth-order valence-electron chi connectivity index (χ4n) is 3.27. The largest absolute Gasteiger partial charge is 0.497 e. The molecule has 0 atom stereocenters. The Morgan fingerprint density at radius 2 is 1.55 bits per heavy atom. The standard InChI is InChI=1S/C24H20N2O5/c1-3-22(27)25-15-5-4-6-18(13-15)31-19-11-12-20-21(14-19)24(29)26(23(20)28)16-7-9-17(30-2)10-8-16/h4-14H,3H2,1-2H3,(H,25,27). The van der Waals surface area contributed by atoms with Gasteiger partial charge in [0.2, 0.25) is 5.91 Å². The Hall–Kier alpha value is -4.13. The molecule has 0 spiro atoms. The first-order valence-corrected chi connectivity index (χ1v) is 9.75. The number of carbonyl (C=O) groups is 3. The van der Waals surface area contributed by atoms with Gasteiger partial charge in [-0.05, 0) is 54.6 Å². The number of nitrogens with one attached hydrogen (secondary N) is 1. The van der Waals surface area contributed by atoms with Gasteiger partial charge in [0.15, 0.2) is 0 Å². The molecule has 7 nitrogen and oxygen atoms in total. The summed E-state index contributed by atoms with van der Waals surface area (Å²) < 4.78 is 11.0. The summed E-state index contributed by atoms with van der Waals surface area (Å²) in [4.78, 5) is 38.5. The third-order valence-electron chi connectivity index (χ3n) is 4.86. The molecule has 3 aromatic rings. The summed E-state index contributed by atoms with van der Waals surface area (Å²) in [6, 6.07) is 18.4. The highest BCUT2D eigenvalue weighted by molar-refractivity contribution is 6.34. The number of imide groups is 1. The predicted molar refractivity (Wildman–Crippen MR) is 116 cm³/mol. The van der Waals surface area contributed by atoms with E-state index in [1.165, 1.54) is 0 Å². The van der Waals surface area contributed by atoms with E-state index >= 15 is 0 Å². The number of rotatable bonds is 6. The van der Waals surface area contributed by atoms with Crippen LogP contribution >= 0.6 is 0 Å². The molecule has 1 N–H and O–H groups in total. The van der Waals surface area contributed by atoms with E-state index in [-0.39, 0.29) is 17.4 Å². The van der Waals surface area contributed by atoms with Gasteiger partial charge < -0.3 is 14.8 Å². The van der Waals surface area contributed by atoms with E-state index in [1.807, 2.05) is 0 Å². The molecule has 3 amide bonds. The van der Waals surface area contributed by atoms with Crippen LogP contribution in [-0.4, -0.2) is 24.8 Å². The van der Waals surface area contributed by atoms with Crippen molar-refractivity contribution >= 4 is 29.1 Å². The SMILES string of the molecule is CCC(=O)Nc1cccc(Oc2ccc3c(c2)C(=O)N(c2ccc(OC)cc2)C3=O)c1. The van der Waals surface area contributed by atoms with Crippen molar-refractivity contribution in [3.05, 3.63) is 77.9 Å². The normalized spacial score (nSPS) is 12.5. The van der Waals surface area contributed by atoms with Crippen molar-refractivity contribution in [3.8, 4) is 17.2 Å². The lowest BCUT2D eigenvalue weighted by Crippen LogP contribution is -2.29. The molecule has 0 aromatic heterocycles. The first-order chi connectivity index (χ1) is 15.0. The molecule has 1 aliphatic rings. The predicted octanol–water partition coefficient (Wildman–Crippen LogP) is 4.64. The first-order valence-electron chi connectivity index (χ1n) is 9.75. The third-order valence-corrected chi connectivity index (χ3v) is 4.86. The molecule has 0 saturated carbocycles. The molecule has 4 rings (SSSR count). The molecule has 0 unspecified atom stereocenters. The Morgan fingerprint density at radius 1 is 0.871 bits per heavy atom. The second kappa shape index (κ2) is 8.31. The van der Waals surface area contributed by atoms with Crippen LogP contribution in [0.2, 0.25) is 0 Å². The number of hydrogen-bond donors (Lipinski definition) is 1. The zero-order chi connectivity index (χ0) is 22.0. The molecule has 0 radical (unpaired) electrons. The van der Waals surface area contributed by atoms with E-state index in [0.29, 0.717) is 40.6 Å². The van der Waals surface area contributed by atoms with Gasteiger partial charge in [-0.25, -0.2) is 4.90 Å². The summed E-state index contributed by atoms with van der Waals surface area (Å²) in [5, 5.41) is 2.77. The van der Waals surface area contributed by atoms with Crippen molar-refractivity contribution in [2.45, 2.75) is 13.3 Å². The van der Waals surface area contributed by atoms with Gasteiger partial charge in [-0.1, -0.05) is 13.0 Å². The molecule has 7 heteroatoms. The summed E-state index contributed by atoms with van der Waals surface area (Å²) in [7, 11) is 1.55. The van der Waals surface area contributed by atoms with Gasteiger partial charge in [0.05, 0.1) is 23.9 Å². The van der Waals surface area contributed by atoms with Crippen LogP contribution in [0.25, 0.3) is 0 Å². The van der Waals surface area contributed by atoms with Gasteiger partial charge in [0.25, 0.3) is 11.8 Å². The maximum atomic E-state index is 12.9. The van der Waals surface area contributed by atoms with E-state index in [1.54, 1.807) is 80.8 Å². The molecule has 0 bridgehead atoms. The van der Waals surface area contributed by atoms with Crippen LogP contribution in [0.1, 0.15) is 34.1 Å². The Kier molecular flexibility index (Phi) is 5.41. The zero-order valence-electron chi connectivity index (χ0n) is 17.0. The lowest BCUT2D eigenvalue weighted by molar-refractivity contribution is -0.115. The molecule has 0 saturated heterocycles. The van der Waals surface area contributed by atoms with Crippen LogP contribution in [0.4, 0.5) is 11.4 Å². The minimum absolute atomic E-state index is 0.0996. The van der Waals surface area contributed by atoms with E-state index in [0.717, 1.165) is 4.90 Å². The maximum absolute atomic E-state index is 12.9. The summed E-state index contributed by atoms with van der Waals surface area (Å²) in [5.74, 6) is 0.638. The smallest absolute Gasteiger partial charge is 0.266 e. The zero-order valence-corrected chi connectivity index (χ0v) is 17.0. The number of methoxy groups -OCH3 is 1. The average molecular weight is 416 g/mol. The number of anilines is 2. The van der Waals surface area contributed by atoms with E-state index in [4.69, 9.17) is 9.47 Å². The number of carbonyl (C=O) groups excluding carboxylic acids is 3. The molecule has 0 aliphatic carbocycles. The maximum Gasteiger partial charge on any atom is 0.266 e. The number of hydrogen-bond acceptors (Lipinski definition) is 5. The second-order valence-electron chi connectivity index (χ2n) is 6.88. The molecule has 1 heterocycles. The van der Waals surface area contributed by atoms with Gasteiger partial charge in [0.1, 0.15) is 17.2 Å². The average Bonchev–Trinajstić information content (AvgIpc) is 3.03. The summed E-state index contributed by atoms with van der Waals surface area (Å²) in [5.41, 5.74) is 1.67. The van der Waals surface area contributed by atoms with Gasteiger partial charge in [-0.3, -0.25) is 14.4 Å². The fraction of sp³-hybridized carbons (Fsp3) is 0.125. The van der Waals surface area contributed by atoms with Crippen molar-refractivity contribution in [3.63, 3.8) is 0 Å². The third kappa shape index (κ3) is 3.98. The topological polar surface area (TPSA) is 84.9 Å². The molecule has 0 fully saturated rings. The molecular formula is C24H20N2O5. The molecular weight excluding hydrogens is 396 g/mol. The van der Waals surface area contributed by atoms with E-state index in [2.05, 4.69) is 5.32 Å². The highest BCUT2D eigenvalue weighted by Crippen LogP contribution is 2.33.